The Hall–Kier alpha value is -2.09. The molecule has 1 saturated heterocycles. The molecule has 0 atom stereocenters. The van der Waals surface area contributed by atoms with Gasteiger partial charge in [-0.3, -0.25) is 9.88 Å². The minimum absolute atomic E-state index is 0.350. The molecule has 0 amide bonds. The van der Waals surface area contributed by atoms with Gasteiger partial charge in [0.25, 0.3) is 0 Å². The zero-order valence-corrected chi connectivity index (χ0v) is 14.6. The van der Waals surface area contributed by atoms with Crippen LogP contribution in [0.1, 0.15) is 25.3 Å². The summed E-state index contributed by atoms with van der Waals surface area (Å²) in [7, 11) is 0. The number of nitrogens with one attached hydrogen (secondary N) is 1. The first-order valence-corrected chi connectivity index (χ1v) is 8.56. The van der Waals surface area contributed by atoms with Crippen molar-refractivity contribution >= 4 is 28.2 Å². The molecule has 2 heterocycles. The Balaban J connectivity index is 1.81. The molecule has 0 radical (unpaired) electrons. The van der Waals surface area contributed by atoms with E-state index in [-0.39, 0.29) is 0 Å². The van der Waals surface area contributed by atoms with E-state index in [1.165, 1.54) is 5.57 Å². The predicted molar refractivity (Wildman–Crippen MR) is 99.4 cm³/mol. The molecule has 3 rings (SSSR count). The van der Waals surface area contributed by atoms with E-state index in [9.17, 15) is 5.26 Å². The lowest BCUT2D eigenvalue weighted by atomic mass is 10.0. The summed E-state index contributed by atoms with van der Waals surface area (Å²) in [6.45, 7) is 9.09. The van der Waals surface area contributed by atoms with Crippen LogP contribution in [0, 0.1) is 11.3 Å². The quantitative estimate of drug-likeness (QED) is 0.847. The van der Waals surface area contributed by atoms with Crippen molar-refractivity contribution in [3.8, 4) is 6.07 Å². The number of aromatic nitrogens is 1. The Labute approximate surface area is 147 Å². The fourth-order valence-electron chi connectivity index (χ4n) is 3.23. The third-order valence-corrected chi connectivity index (χ3v) is 4.62. The molecular formula is C19H21ClN4. The third-order valence-electron chi connectivity index (χ3n) is 4.38. The zero-order valence-electron chi connectivity index (χ0n) is 13.8. The molecule has 0 spiro atoms. The number of rotatable bonds is 4. The van der Waals surface area contributed by atoms with Crippen molar-refractivity contribution in [1.29, 1.82) is 5.26 Å². The summed E-state index contributed by atoms with van der Waals surface area (Å²) in [5.74, 6) is 0. The van der Waals surface area contributed by atoms with Gasteiger partial charge in [-0.25, -0.2) is 0 Å². The van der Waals surface area contributed by atoms with Crippen LogP contribution in [0.25, 0.3) is 10.9 Å². The number of hydrogen-bond acceptors (Lipinski definition) is 4. The van der Waals surface area contributed by atoms with Gasteiger partial charge >= 0.3 is 0 Å². The largest absolute Gasteiger partial charge is 0.381 e. The molecule has 4 nitrogen and oxygen atoms in total. The van der Waals surface area contributed by atoms with Crippen LogP contribution >= 0.6 is 11.6 Å². The molecule has 0 bridgehead atoms. The zero-order chi connectivity index (χ0) is 17.1. The maximum Gasteiger partial charge on any atom is 0.103 e. The van der Waals surface area contributed by atoms with Crippen molar-refractivity contribution in [3.05, 3.63) is 47.1 Å². The summed E-state index contributed by atoms with van der Waals surface area (Å²) in [4.78, 5) is 6.78. The highest BCUT2D eigenvalue weighted by Crippen LogP contribution is 2.30. The lowest BCUT2D eigenvalue weighted by molar-refractivity contribution is 0.236. The molecule has 24 heavy (non-hydrogen) atoms. The van der Waals surface area contributed by atoms with Crippen LogP contribution in [0.3, 0.4) is 0 Å². The van der Waals surface area contributed by atoms with Crippen LogP contribution in [0.5, 0.6) is 0 Å². The van der Waals surface area contributed by atoms with Gasteiger partial charge in [-0.15, -0.1) is 0 Å². The van der Waals surface area contributed by atoms with Crippen LogP contribution in [-0.4, -0.2) is 35.6 Å². The van der Waals surface area contributed by atoms with Crippen LogP contribution in [0.15, 0.2) is 36.5 Å². The van der Waals surface area contributed by atoms with E-state index < -0.39 is 0 Å². The Kier molecular flexibility index (Phi) is 5.03. The first kappa shape index (κ1) is 16.8. The minimum Gasteiger partial charge on any atom is -0.381 e. The van der Waals surface area contributed by atoms with Crippen LogP contribution in [0.2, 0.25) is 5.02 Å². The summed E-state index contributed by atoms with van der Waals surface area (Å²) in [5, 5.41) is 14.6. The Morgan fingerprint density at radius 2 is 2.21 bits per heavy atom. The molecule has 1 aliphatic rings. The number of hydrogen-bond donors (Lipinski definition) is 1. The second-order valence-electron chi connectivity index (χ2n) is 6.47. The molecular weight excluding hydrogens is 320 g/mol. The number of pyridine rings is 1. The van der Waals surface area contributed by atoms with Gasteiger partial charge in [0.05, 0.1) is 16.8 Å². The Morgan fingerprint density at radius 3 is 2.88 bits per heavy atom. The van der Waals surface area contributed by atoms with Gasteiger partial charge in [0, 0.05) is 42.3 Å². The first-order valence-electron chi connectivity index (χ1n) is 8.18. The smallest absolute Gasteiger partial charge is 0.103 e. The summed E-state index contributed by atoms with van der Waals surface area (Å²) in [5.41, 5.74) is 3.46. The molecule has 5 heteroatoms. The number of likely N-dealkylation sites (tertiary alicyclic amines) is 1. The standard InChI is InChI=1S/C19H21ClN4/c1-13(2)12-24-7-5-16(6-8-24)23-19-14(10-21)11-22-18-4-3-15(20)9-17(18)19/h3-4,9,11,16H,1,5-8,12H2,2H3,(H,22,23). The van der Waals surface area contributed by atoms with E-state index in [0.717, 1.165) is 49.1 Å². The van der Waals surface area contributed by atoms with E-state index in [2.05, 4.69) is 34.8 Å². The van der Waals surface area contributed by atoms with Crippen molar-refractivity contribution in [1.82, 2.24) is 9.88 Å². The van der Waals surface area contributed by atoms with Crippen LogP contribution in [0.4, 0.5) is 5.69 Å². The van der Waals surface area contributed by atoms with E-state index in [1.807, 2.05) is 18.2 Å². The molecule has 1 fully saturated rings. The fourth-order valence-corrected chi connectivity index (χ4v) is 3.40. The topological polar surface area (TPSA) is 52.0 Å². The normalized spacial score (nSPS) is 16.0. The SMILES string of the molecule is C=C(C)CN1CCC(Nc2c(C#N)cnc3ccc(Cl)cc23)CC1. The van der Waals surface area contributed by atoms with Gasteiger partial charge in [-0.05, 0) is 38.0 Å². The monoisotopic (exact) mass is 340 g/mol. The number of nitrogens with zero attached hydrogens (tertiary/aromatic N) is 3. The summed E-state index contributed by atoms with van der Waals surface area (Å²) in [6, 6.07) is 8.18. The molecule has 1 aliphatic heterocycles. The highest BCUT2D eigenvalue weighted by molar-refractivity contribution is 6.31. The average Bonchev–Trinajstić information content (AvgIpc) is 2.56. The maximum absolute atomic E-state index is 9.44. The number of anilines is 1. The highest BCUT2D eigenvalue weighted by atomic mass is 35.5. The van der Waals surface area contributed by atoms with Gasteiger partial charge in [0.15, 0.2) is 0 Å². The maximum atomic E-state index is 9.44. The molecule has 2 aromatic rings. The van der Waals surface area contributed by atoms with Crippen molar-refractivity contribution in [2.75, 3.05) is 25.0 Å². The molecule has 0 aliphatic carbocycles. The highest BCUT2D eigenvalue weighted by Gasteiger charge is 2.21. The second kappa shape index (κ2) is 7.21. The number of nitriles is 1. The van der Waals surface area contributed by atoms with Crippen LogP contribution < -0.4 is 5.32 Å². The van der Waals surface area contributed by atoms with Gasteiger partial charge < -0.3 is 5.32 Å². The molecule has 0 unspecified atom stereocenters. The molecule has 0 saturated carbocycles. The summed E-state index contributed by atoms with van der Waals surface area (Å²) in [6.07, 6.45) is 3.72. The molecule has 124 valence electrons. The van der Waals surface area contributed by atoms with Gasteiger partial charge in [-0.2, -0.15) is 5.26 Å². The van der Waals surface area contributed by atoms with E-state index >= 15 is 0 Å². The Bertz CT molecular complexity index is 801. The number of piperidine rings is 1. The lowest BCUT2D eigenvalue weighted by Crippen LogP contribution is -2.39. The fraction of sp³-hybridized carbons (Fsp3) is 0.368. The van der Waals surface area contributed by atoms with Crippen molar-refractivity contribution in [3.63, 3.8) is 0 Å². The number of benzene rings is 1. The number of halogens is 1. The predicted octanol–water partition coefficient (Wildman–Crippen LogP) is 4.21. The summed E-state index contributed by atoms with van der Waals surface area (Å²) >= 11 is 6.14. The van der Waals surface area contributed by atoms with Crippen LogP contribution in [-0.2, 0) is 0 Å². The Morgan fingerprint density at radius 1 is 1.46 bits per heavy atom. The molecule has 1 aromatic carbocycles. The van der Waals surface area contributed by atoms with Crippen molar-refractivity contribution < 1.29 is 0 Å². The van der Waals surface area contributed by atoms with E-state index in [4.69, 9.17) is 11.6 Å². The van der Waals surface area contributed by atoms with Gasteiger partial charge in [0.1, 0.15) is 6.07 Å². The van der Waals surface area contributed by atoms with Crippen molar-refractivity contribution in [2.45, 2.75) is 25.8 Å². The number of fused-ring (bicyclic) bond motifs is 1. The minimum atomic E-state index is 0.350. The third kappa shape index (κ3) is 3.69. The van der Waals surface area contributed by atoms with Crippen molar-refractivity contribution in [2.24, 2.45) is 0 Å². The second-order valence-corrected chi connectivity index (χ2v) is 6.91. The summed E-state index contributed by atoms with van der Waals surface area (Å²) < 4.78 is 0. The lowest BCUT2D eigenvalue weighted by Gasteiger charge is -2.33. The van der Waals surface area contributed by atoms with E-state index in [1.54, 1.807) is 6.20 Å². The van der Waals surface area contributed by atoms with Gasteiger partial charge in [0.2, 0.25) is 0 Å². The first-order chi connectivity index (χ1) is 11.6. The molecule has 1 N–H and O–H groups in total. The van der Waals surface area contributed by atoms with Gasteiger partial charge in [-0.1, -0.05) is 23.8 Å². The average molecular weight is 341 g/mol. The molecule has 1 aromatic heterocycles. The van der Waals surface area contributed by atoms with E-state index in [0.29, 0.717) is 16.6 Å².